The second kappa shape index (κ2) is 5.45. The molecule has 0 saturated heterocycles. The van der Waals surface area contributed by atoms with Gasteiger partial charge in [-0.1, -0.05) is 18.2 Å². The molecule has 0 aliphatic rings. The fourth-order valence-corrected chi connectivity index (χ4v) is 1.09. The third kappa shape index (κ3) is 3.78. The molecule has 0 aliphatic carbocycles. The lowest BCUT2D eigenvalue weighted by Gasteiger charge is -2.09. The molecule has 0 unspecified atom stereocenters. The van der Waals surface area contributed by atoms with E-state index < -0.39 is 17.8 Å². The molecule has 1 aromatic carbocycles. The number of para-hydroxylation sites is 1. The molecule has 0 radical (unpaired) electrons. The number of amides is 1. The van der Waals surface area contributed by atoms with Gasteiger partial charge in [0.2, 0.25) is 5.91 Å². The summed E-state index contributed by atoms with van der Waals surface area (Å²) in [6.07, 6.45) is 1.26. The molecule has 88 valence electrons. The number of aromatic carboxylic acids is 1. The number of carboxylic acid groups (broad SMARTS) is 2. The van der Waals surface area contributed by atoms with Gasteiger partial charge in [-0.2, -0.15) is 0 Å². The zero-order chi connectivity index (χ0) is 12.8. The summed E-state index contributed by atoms with van der Waals surface area (Å²) < 4.78 is 0. The number of aliphatic carboxylic acids is 1. The van der Waals surface area contributed by atoms with Gasteiger partial charge < -0.3 is 25.1 Å². The van der Waals surface area contributed by atoms with Crippen LogP contribution in [0.5, 0.6) is 0 Å². The van der Waals surface area contributed by atoms with Crippen molar-refractivity contribution in [3.8, 4) is 0 Å². The number of carbonyl (C=O) groups excluding carboxylic acids is 3. The molecular formula is C11H7NO5-2. The highest BCUT2D eigenvalue weighted by molar-refractivity contribution is 6.05. The molecule has 17 heavy (non-hydrogen) atoms. The highest BCUT2D eigenvalue weighted by atomic mass is 16.4. The van der Waals surface area contributed by atoms with Crippen molar-refractivity contribution in [3.05, 3.63) is 42.0 Å². The maximum absolute atomic E-state index is 11.2. The molecule has 6 nitrogen and oxygen atoms in total. The van der Waals surface area contributed by atoms with Crippen LogP contribution >= 0.6 is 0 Å². The Morgan fingerprint density at radius 1 is 1.06 bits per heavy atom. The molecule has 0 fully saturated rings. The van der Waals surface area contributed by atoms with Gasteiger partial charge in [-0.3, -0.25) is 4.79 Å². The van der Waals surface area contributed by atoms with Crippen molar-refractivity contribution in [2.24, 2.45) is 0 Å². The van der Waals surface area contributed by atoms with E-state index in [9.17, 15) is 24.6 Å². The van der Waals surface area contributed by atoms with E-state index in [-0.39, 0.29) is 11.3 Å². The van der Waals surface area contributed by atoms with Crippen molar-refractivity contribution in [2.75, 3.05) is 5.32 Å². The third-order valence-electron chi connectivity index (χ3n) is 1.78. The first-order chi connectivity index (χ1) is 8.00. The maximum atomic E-state index is 11.2. The van der Waals surface area contributed by atoms with Gasteiger partial charge >= 0.3 is 0 Å². The topological polar surface area (TPSA) is 109 Å². The average molecular weight is 233 g/mol. The van der Waals surface area contributed by atoms with Crippen LogP contribution in [0.4, 0.5) is 5.69 Å². The normalized spacial score (nSPS) is 10.1. The number of rotatable bonds is 4. The van der Waals surface area contributed by atoms with Crippen molar-refractivity contribution < 1.29 is 24.6 Å². The molecule has 1 N–H and O–H groups in total. The molecule has 1 rings (SSSR count). The van der Waals surface area contributed by atoms with Crippen molar-refractivity contribution in [1.82, 2.24) is 0 Å². The summed E-state index contributed by atoms with van der Waals surface area (Å²) in [5.41, 5.74) is -0.164. The largest absolute Gasteiger partial charge is 0.545 e. The minimum atomic E-state index is -1.52. The zero-order valence-corrected chi connectivity index (χ0v) is 8.51. The quantitative estimate of drug-likeness (QED) is 0.623. The summed E-state index contributed by atoms with van der Waals surface area (Å²) in [4.78, 5) is 31.9. The number of hydrogen-bond acceptors (Lipinski definition) is 5. The van der Waals surface area contributed by atoms with E-state index in [1.807, 2.05) is 0 Å². The minimum absolute atomic E-state index is 0.0282. The van der Waals surface area contributed by atoms with Crippen LogP contribution in [0.1, 0.15) is 10.4 Å². The van der Waals surface area contributed by atoms with E-state index in [1.54, 1.807) is 0 Å². The Bertz CT molecular complexity index is 492. The summed E-state index contributed by atoms with van der Waals surface area (Å²) in [6, 6.07) is 5.60. The van der Waals surface area contributed by atoms with Crippen molar-refractivity contribution in [1.29, 1.82) is 0 Å². The van der Waals surface area contributed by atoms with E-state index in [0.717, 1.165) is 6.08 Å². The van der Waals surface area contributed by atoms with Crippen LogP contribution < -0.4 is 15.5 Å². The number of carbonyl (C=O) groups is 3. The van der Waals surface area contributed by atoms with Gasteiger partial charge in [-0.05, 0) is 12.1 Å². The molecule has 1 aromatic rings. The first-order valence-electron chi connectivity index (χ1n) is 4.51. The van der Waals surface area contributed by atoms with Gasteiger partial charge in [0.25, 0.3) is 0 Å². The molecule has 0 bridgehead atoms. The van der Waals surface area contributed by atoms with Crippen molar-refractivity contribution >= 4 is 23.5 Å². The molecule has 0 atom stereocenters. The van der Waals surface area contributed by atoms with Gasteiger partial charge in [0, 0.05) is 11.6 Å². The molecule has 0 heterocycles. The fourth-order valence-electron chi connectivity index (χ4n) is 1.09. The first kappa shape index (κ1) is 12.4. The lowest BCUT2D eigenvalue weighted by Crippen LogP contribution is -2.24. The number of hydrogen-bond donors (Lipinski definition) is 1. The minimum Gasteiger partial charge on any atom is -0.545 e. The number of anilines is 1. The smallest absolute Gasteiger partial charge is 0.248 e. The Hall–Kier alpha value is -2.63. The summed E-state index contributed by atoms with van der Waals surface area (Å²) in [7, 11) is 0. The van der Waals surface area contributed by atoms with E-state index >= 15 is 0 Å². The summed E-state index contributed by atoms with van der Waals surface area (Å²) in [6.45, 7) is 0. The van der Waals surface area contributed by atoms with Crippen LogP contribution in [-0.2, 0) is 9.59 Å². The van der Waals surface area contributed by atoms with E-state index in [2.05, 4.69) is 5.32 Å². The predicted molar refractivity (Wildman–Crippen MR) is 53.5 cm³/mol. The Balaban J connectivity index is 2.85. The molecule has 0 saturated carbocycles. The van der Waals surface area contributed by atoms with Gasteiger partial charge in [-0.15, -0.1) is 0 Å². The predicted octanol–water partition coefficient (Wildman–Crippen LogP) is -1.71. The Morgan fingerprint density at radius 3 is 2.29 bits per heavy atom. The van der Waals surface area contributed by atoms with Gasteiger partial charge in [-0.25, -0.2) is 0 Å². The van der Waals surface area contributed by atoms with Gasteiger partial charge in [0.05, 0.1) is 17.6 Å². The highest BCUT2D eigenvalue weighted by Gasteiger charge is 2.04. The molecule has 0 spiro atoms. The summed E-state index contributed by atoms with van der Waals surface area (Å²) >= 11 is 0. The number of benzene rings is 1. The Labute approximate surface area is 96.2 Å². The zero-order valence-electron chi connectivity index (χ0n) is 8.51. The Morgan fingerprint density at radius 2 is 1.71 bits per heavy atom. The van der Waals surface area contributed by atoms with Crippen LogP contribution in [0.15, 0.2) is 36.4 Å². The highest BCUT2D eigenvalue weighted by Crippen LogP contribution is 2.13. The summed E-state index contributed by atoms with van der Waals surface area (Å²) in [5, 5.41) is 22.9. The Kier molecular flexibility index (Phi) is 3.99. The standard InChI is InChI=1S/C11H9NO5/c13-9(5-6-10(14)15)12-8-4-2-1-3-7(8)11(16)17/h1-6H,(H,12,13)(H,14,15)(H,16,17)/p-2/b6-5-. The molecule has 0 aliphatic heterocycles. The van der Waals surface area contributed by atoms with Crippen LogP contribution in [-0.4, -0.2) is 17.8 Å². The molecular weight excluding hydrogens is 226 g/mol. The first-order valence-corrected chi connectivity index (χ1v) is 4.51. The monoisotopic (exact) mass is 233 g/mol. The summed E-state index contributed by atoms with van der Waals surface area (Å²) in [5.74, 6) is -3.74. The molecule has 6 heteroatoms. The lowest BCUT2D eigenvalue weighted by molar-refractivity contribution is -0.297. The fraction of sp³-hybridized carbons (Fsp3) is 0. The average Bonchev–Trinajstić information content (AvgIpc) is 2.27. The second-order valence-electron chi connectivity index (χ2n) is 2.97. The number of nitrogens with one attached hydrogen (secondary N) is 1. The van der Waals surface area contributed by atoms with Gasteiger partial charge in [0.15, 0.2) is 0 Å². The van der Waals surface area contributed by atoms with Crippen LogP contribution in [0.25, 0.3) is 0 Å². The second-order valence-corrected chi connectivity index (χ2v) is 2.97. The maximum Gasteiger partial charge on any atom is 0.248 e. The van der Waals surface area contributed by atoms with Crippen molar-refractivity contribution in [3.63, 3.8) is 0 Å². The molecule has 1 amide bonds. The molecule has 0 aromatic heterocycles. The van der Waals surface area contributed by atoms with Crippen LogP contribution in [0.2, 0.25) is 0 Å². The van der Waals surface area contributed by atoms with Crippen LogP contribution in [0, 0.1) is 0 Å². The van der Waals surface area contributed by atoms with Gasteiger partial charge in [0.1, 0.15) is 0 Å². The van der Waals surface area contributed by atoms with E-state index in [1.165, 1.54) is 24.3 Å². The lowest BCUT2D eigenvalue weighted by atomic mass is 10.2. The van der Waals surface area contributed by atoms with E-state index in [0.29, 0.717) is 6.08 Å². The van der Waals surface area contributed by atoms with Crippen molar-refractivity contribution in [2.45, 2.75) is 0 Å². The number of carboxylic acids is 2. The van der Waals surface area contributed by atoms with E-state index in [4.69, 9.17) is 0 Å². The SMILES string of the molecule is O=C([O-])/C=C\C(=O)Nc1ccccc1C(=O)[O-]. The third-order valence-corrected chi connectivity index (χ3v) is 1.78. The van der Waals surface area contributed by atoms with Crippen LogP contribution in [0.3, 0.4) is 0 Å².